The van der Waals surface area contributed by atoms with Gasteiger partial charge in [-0.25, -0.2) is 4.98 Å². The van der Waals surface area contributed by atoms with E-state index in [2.05, 4.69) is 9.97 Å². The molecule has 0 aliphatic carbocycles. The standard InChI is InChI=1S/C21H23N3O2/c1-15(2)24(14-16-8-4-3-5-9-16)20(25)13-12-19-22-18-11-7-6-10-17(18)21(26)23-19/h3-11,15H,12-14H2,1-2H3,(H,22,23,26). The summed E-state index contributed by atoms with van der Waals surface area (Å²) < 4.78 is 0. The second kappa shape index (κ2) is 7.95. The zero-order valence-corrected chi connectivity index (χ0v) is 15.1. The molecule has 1 N–H and O–H groups in total. The van der Waals surface area contributed by atoms with E-state index in [9.17, 15) is 9.59 Å². The third-order valence-corrected chi connectivity index (χ3v) is 4.38. The molecule has 0 aliphatic heterocycles. The van der Waals surface area contributed by atoms with Gasteiger partial charge in [0, 0.05) is 25.4 Å². The third kappa shape index (κ3) is 4.17. The molecule has 134 valence electrons. The van der Waals surface area contributed by atoms with Crippen LogP contribution in [-0.2, 0) is 17.8 Å². The van der Waals surface area contributed by atoms with Crippen molar-refractivity contribution in [3.63, 3.8) is 0 Å². The first kappa shape index (κ1) is 17.9. The number of aryl methyl sites for hydroxylation is 1. The smallest absolute Gasteiger partial charge is 0.258 e. The Morgan fingerprint density at radius 1 is 1.08 bits per heavy atom. The van der Waals surface area contributed by atoms with Gasteiger partial charge in [-0.2, -0.15) is 0 Å². The zero-order valence-electron chi connectivity index (χ0n) is 15.1. The number of H-pyrrole nitrogens is 1. The lowest BCUT2D eigenvalue weighted by atomic mass is 10.1. The van der Waals surface area contributed by atoms with Crippen LogP contribution in [-0.4, -0.2) is 26.8 Å². The average Bonchev–Trinajstić information content (AvgIpc) is 2.65. The highest BCUT2D eigenvalue weighted by Gasteiger charge is 2.17. The molecule has 0 fully saturated rings. The second-order valence-corrected chi connectivity index (χ2v) is 6.63. The highest BCUT2D eigenvalue weighted by atomic mass is 16.2. The number of hydrogen-bond acceptors (Lipinski definition) is 3. The van der Waals surface area contributed by atoms with Crippen LogP contribution in [0.15, 0.2) is 59.4 Å². The van der Waals surface area contributed by atoms with Crippen molar-refractivity contribution in [3.8, 4) is 0 Å². The van der Waals surface area contributed by atoms with Gasteiger partial charge in [0.15, 0.2) is 0 Å². The Morgan fingerprint density at radius 3 is 2.50 bits per heavy atom. The van der Waals surface area contributed by atoms with Gasteiger partial charge in [0.05, 0.1) is 10.9 Å². The molecule has 3 rings (SSSR count). The summed E-state index contributed by atoms with van der Waals surface area (Å²) >= 11 is 0. The summed E-state index contributed by atoms with van der Waals surface area (Å²) in [5.41, 5.74) is 1.60. The van der Waals surface area contributed by atoms with E-state index < -0.39 is 0 Å². The Balaban J connectivity index is 1.71. The van der Waals surface area contributed by atoms with Crippen LogP contribution in [0.5, 0.6) is 0 Å². The lowest BCUT2D eigenvalue weighted by Crippen LogP contribution is -2.36. The number of fused-ring (bicyclic) bond motifs is 1. The molecule has 5 heteroatoms. The van der Waals surface area contributed by atoms with Crippen molar-refractivity contribution in [2.45, 2.75) is 39.3 Å². The zero-order chi connectivity index (χ0) is 18.5. The van der Waals surface area contributed by atoms with E-state index >= 15 is 0 Å². The van der Waals surface area contributed by atoms with Crippen LogP contribution in [0.4, 0.5) is 0 Å². The molecule has 2 aromatic carbocycles. The van der Waals surface area contributed by atoms with Gasteiger partial charge in [-0.1, -0.05) is 42.5 Å². The largest absolute Gasteiger partial charge is 0.336 e. The van der Waals surface area contributed by atoms with Crippen molar-refractivity contribution in [2.75, 3.05) is 0 Å². The minimum Gasteiger partial charge on any atom is -0.336 e. The fourth-order valence-electron chi connectivity index (χ4n) is 2.96. The molecule has 0 aliphatic rings. The molecule has 0 saturated carbocycles. The Kier molecular flexibility index (Phi) is 5.46. The van der Waals surface area contributed by atoms with E-state index in [1.807, 2.05) is 67.3 Å². The lowest BCUT2D eigenvalue weighted by molar-refractivity contribution is -0.133. The summed E-state index contributed by atoms with van der Waals surface area (Å²) in [6, 6.07) is 17.3. The molecule has 5 nitrogen and oxygen atoms in total. The quantitative estimate of drug-likeness (QED) is 0.742. The molecule has 3 aromatic rings. The van der Waals surface area contributed by atoms with Crippen molar-refractivity contribution < 1.29 is 4.79 Å². The fraction of sp³-hybridized carbons (Fsp3) is 0.286. The Morgan fingerprint density at radius 2 is 1.77 bits per heavy atom. The number of nitrogens with one attached hydrogen (secondary N) is 1. The predicted octanol–water partition coefficient (Wildman–Crippen LogP) is 3.29. The number of carbonyl (C=O) groups is 1. The molecule has 0 atom stereocenters. The Bertz CT molecular complexity index is 948. The number of rotatable bonds is 6. The summed E-state index contributed by atoms with van der Waals surface area (Å²) in [6.07, 6.45) is 0.725. The minimum absolute atomic E-state index is 0.0552. The number of nitrogens with zero attached hydrogens (tertiary/aromatic N) is 2. The second-order valence-electron chi connectivity index (χ2n) is 6.63. The van der Waals surface area contributed by atoms with Crippen LogP contribution < -0.4 is 5.56 Å². The van der Waals surface area contributed by atoms with Gasteiger partial charge in [-0.05, 0) is 31.5 Å². The van der Waals surface area contributed by atoms with E-state index in [1.54, 1.807) is 6.07 Å². The first-order valence-corrected chi connectivity index (χ1v) is 8.86. The molecule has 0 radical (unpaired) electrons. The number of carbonyl (C=O) groups excluding carboxylic acids is 1. The first-order valence-electron chi connectivity index (χ1n) is 8.86. The molecule has 0 bridgehead atoms. The van der Waals surface area contributed by atoms with Crippen molar-refractivity contribution >= 4 is 16.8 Å². The van der Waals surface area contributed by atoms with Crippen molar-refractivity contribution in [3.05, 3.63) is 76.3 Å². The maximum Gasteiger partial charge on any atom is 0.258 e. The maximum atomic E-state index is 12.7. The lowest BCUT2D eigenvalue weighted by Gasteiger charge is -2.27. The topological polar surface area (TPSA) is 66.1 Å². The van der Waals surface area contributed by atoms with E-state index in [-0.39, 0.29) is 17.5 Å². The van der Waals surface area contributed by atoms with E-state index in [1.165, 1.54) is 0 Å². The molecule has 0 unspecified atom stereocenters. The van der Waals surface area contributed by atoms with Crippen molar-refractivity contribution in [2.24, 2.45) is 0 Å². The molecular formula is C21H23N3O2. The summed E-state index contributed by atoms with van der Waals surface area (Å²) in [7, 11) is 0. The number of aromatic amines is 1. The highest BCUT2D eigenvalue weighted by Crippen LogP contribution is 2.12. The fourth-order valence-corrected chi connectivity index (χ4v) is 2.96. The maximum absolute atomic E-state index is 12.7. The number of amides is 1. The van der Waals surface area contributed by atoms with Crippen molar-refractivity contribution in [1.82, 2.24) is 14.9 Å². The van der Waals surface area contributed by atoms with Gasteiger partial charge in [0.25, 0.3) is 5.56 Å². The van der Waals surface area contributed by atoms with Crippen molar-refractivity contribution in [1.29, 1.82) is 0 Å². The summed E-state index contributed by atoms with van der Waals surface area (Å²) in [5, 5.41) is 0.565. The molecule has 26 heavy (non-hydrogen) atoms. The molecule has 1 heterocycles. The van der Waals surface area contributed by atoms with E-state index in [0.717, 1.165) is 5.56 Å². The number of benzene rings is 2. The molecule has 0 saturated heterocycles. The van der Waals surface area contributed by atoms with Crippen LogP contribution in [0.3, 0.4) is 0 Å². The van der Waals surface area contributed by atoms with E-state index in [0.29, 0.717) is 36.1 Å². The van der Waals surface area contributed by atoms with Gasteiger partial charge in [0.2, 0.25) is 5.91 Å². The molecule has 0 spiro atoms. The Hall–Kier alpha value is -2.95. The third-order valence-electron chi connectivity index (χ3n) is 4.38. The van der Waals surface area contributed by atoms with Crippen LogP contribution in [0.2, 0.25) is 0 Å². The highest BCUT2D eigenvalue weighted by molar-refractivity contribution is 5.78. The summed E-state index contributed by atoms with van der Waals surface area (Å²) in [6.45, 7) is 4.60. The normalized spacial score (nSPS) is 11.0. The number of aromatic nitrogens is 2. The Labute approximate surface area is 152 Å². The molecule has 1 aromatic heterocycles. The monoisotopic (exact) mass is 349 g/mol. The summed E-state index contributed by atoms with van der Waals surface area (Å²) in [4.78, 5) is 34.0. The minimum atomic E-state index is -0.164. The van der Waals surface area contributed by atoms with Gasteiger partial charge in [-0.15, -0.1) is 0 Å². The van der Waals surface area contributed by atoms with Crippen LogP contribution in [0, 0.1) is 0 Å². The predicted molar refractivity (Wildman–Crippen MR) is 103 cm³/mol. The SMILES string of the molecule is CC(C)N(Cc1ccccc1)C(=O)CCc1nc2ccccc2c(=O)[nH]1. The van der Waals surface area contributed by atoms with Gasteiger partial charge < -0.3 is 9.88 Å². The van der Waals surface area contributed by atoms with Crippen LogP contribution >= 0.6 is 0 Å². The summed E-state index contributed by atoms with van der Waals surface area (Å²) in [5.74, 6) is 0.602. The number of para-hydroxylation sites is 1. The van der Waals surface area contributed by atoms with Gasteiger partial charge in [-0.3, -0.25) is 9.59 Å². The average molecular weight is 349 g/mol. The van der Waals surface area contributed by atoms with E-state index in [4.69, 9.17) is 0 Å². The van der Waals surface area contributed by atoms with Crippen LogP contribution in [0.1, 0.15) is 31.7 Å². The van der Waals surface area contributed by atoms with Gasteiger partial charge in [0.1, 0.15) is 5.82 Å². The molecule has 1 amide bonds. The van der Waals surface area contributed by atoms with Crippen LogP contribution in [0.25, 0.3) is 10.9 Å². The first-order chi connectivity index (χ1) is 12.5. The number of hydrogen-bond donors (Lipinski definition) is 1. The molecular weight excluding hydrogens is 326 g/mol. The van der Waals surface area contributed by atoms with Gasteiger partial charge >= 0.3 is 0 Å².